The first-order valence-electron chi connectivity index (χ1n) is 14.7. The molecule has 0 bridgehead atoms. The number of aryl methyl sites for hydroxylation is 1. The minimum Gasteiger partial charge on any atom is -0.481 e. The smallest absolute Gasteiger partial charge is 0.410 e. The first-order chi connectivity index (χ1) is 18.6. The summed E-state index contributed by atoms with van der Waals surface area (Å²) in [5.74, 6) is 0.809. The topological polar surface area (TPSA) is 80.3 Å². The lowest BCUT2D eigenvalue weighted by Gasteiger charge is -2.38. The Balaban J connectivity index is 1.73. The van der Waals surface area contributed by atoms with Crippen molar-refractivity contribution in [3.63, 3.8) is 0 Å². The summed E-state index contributed by atoms with van der Waals surface area (Å²) in [7, 11) is 0. The number of carbonyl (C=O) groups is 2. The second-order valence-electron chi connectivity index (χ2n) is 13.2. The van der Waals surface area contributed by atoms with Crippen molar-refractivity contribution in [1.29, 1.82) is 0 Å². The third kappa shape index (κ3) is 8.72. The molecule has 8 nitrogen and oxygen atoms in total. The lowest BCUT2D eigenvalue weighted by Crippen LogP contribution is -2.42. The van der Waals surface area contributed by atoms with Crippen molar-refractivity contribution < 1.29 is 23.8 Å². The van der Waals surface area contributed by atoms with Gasteiger partial charge in [-0.15, -0.1) is 0 Å². The Hall–Kier alpha value is -2.55. The molecule has 0 radical (unpaired) electrons. The Morgan fingerprint density at radius 3 is 2.27 bits per heavy atom. The molecule has 0 saturated carbocycles. The standard InChI is InChI=1S/C31H49N3O5S/c1-20(2)33(28(35)38-30(4,5)6)16-11-10-12-17-34(29(36)39-31(7,8)9)25-15-13-14-22-18-26-24(19-23(22)25)32-27(40)21(3)37-26/h18-21,25H,10-17H2,1-9H3,(H,32,40). The second kappa shape index (κ2) is 13.0. The molecule has 9 heteroatoms. The fourth-order valence-electron chi connectivity index (χ4n) is 5.12. The number of amides is 2. The SMILES string of the molecule is CC1Oc2cc3c(cc2NC1=S)C(N(CCCCCN(C(=O)OC(C)(C)C)C(C)C)C(=O)OC(C)(C)C)CCC3. The number of anilines is 1. The summed E-state index contributed by atoms with van der Waals surface area (Å²) in [4.78, 5) is 30.5. The highest BCUT2D eigenvalue weighted by atomic mass is 32.1. The van der Waals surface area contributed by atoms with Crippen LogP contribution in [0.3, 0.4) is 0 Å². The van der Waals surface area contributed by atoms with Crippen molar-refractivity contribution in [3.05, 3.63) is 23.3 Å². The summed E-state index contributed by atoms with van der Waals surface area (Å²) in [6.45, 7) is 18.5. The molecular weight excluding hydrogens is 526 g/mol. The molecule has 224 valence electrons. The molecule has 1 N–H and O–H groups in total. The van der Waals surface area contributed by atoms with Gasteiger partial charge in [-0.05, 0) is 124 Å². The molecule has 2 unspecified atom stereocenters. The number of fused-ring (bicyclic) bond motifs is 2. The Labute approximate surface area is 246 Å². The van der Waals surface area contributed by atoms with E-state index in [9.17, 15) is 9.59 Å². The fraction of sp³-hybridized carbons (Fsp3) is 0.710. The number of unbranched alkanes of at least 4 members (excludes halogenated alkanes) is 2. The van der Waals surface area contributed by atoms with Gasteiger partial charge >= 0.3 is 12.2 Å². The molecule has 1 aliphatic heterocycles. The van der Waals surface area contributed by atoms with Crippen LogP contribution in [0.1, 0.15) is 112 Å². The largest absolute Gasteiger partial charge is 0.481 e. The maximum Gasteiger partial charge on any atom is 0.410 e. The van der Waals surface area contributed by atoms with Crippen molar-refractivity contribution in [2.45, 2.75) is 130 Å². The van der Waals surface area contributed by atoms with Crippen molar-refractivity contribution in [3.8, 4) is 5.75 Å². The van der Waals surface area contributed by atoms with Crippen LogP contribution in [0.5, 0.6) is 5.75 Å². The maximum atomic E-state index is 13.5. The average Bonchev–Trinajstić information content (AvgIpc) is 2.80. The lowest BCUT2D eigenvalue weighted by molar-refractivity contribution is 0.0134. The van der Waals surface area contributed by atoms with Crippen molar-refractivity contribution in [2.24, 2.45) is 0 Å². The first kappa shape index (κ1) is 32.0. The molecular formula is C31H49N3O5S. The minimum atomic E-state index is -0.592. The molecule has 2 atom stereocenters. The van der Waals surface area contributed by atoms with Crippen LogP contribution in [0.25, 0.3) is 0 Å². The van der Waals surface area contributed by atoms with E-state index in [1.165, 1.54) is 5.56 Å². The predicted octanol–water partition coefficient (Wildman–Crippen LogP) is 7.64. The van der Waals surface area contributed by atoms with Crippen LogP contribution in [0.4, 0.5) is 15.3 Å². The zero-order chi connectivity index (χ0) is 29.8. The van der Waals surface area contributed by atoms with E-state index in [1.807, 2.05) is 67.2 Å². The van der Waals surface area contributed by atoms with E-state index in [0.29, 0.717) is 18.1 Å². The quantitative estimate of drug-likeness (QED) is 0.252. The molecule has 1 aromatic rings. The number of benzene rings is 1. The molecule has 2 amide bonds. The monoisotopic (exact) mass is 575 g/mol. The third-order valence-corrected chi connectivity index (χ3v) is 7.44. The van der Waals surface area contributed by atoms with E-state index in [2.05, 4.69) is 17.4 Å². The lowest BCUT2D eigenvalue weighted by atomic mass is 9.86. The van der Waals surface area contributed by atoms with E-state index in [4.69, 9.17) is 26.4 Å². The van der Waals surface area contributed by atoms with Crippen LogP contribution >= 0.6 is 12.2 Å². The maximum absolute atomic E-state index is 13.5. The minimum absolute atomic E-state index is 0.0474. The van der Waals surface area contributed by atoms with Gasteiger partial charge in [-0.25, -0.2) is 9.59 Å². The van der Waals surface area contributed by atoms with Gasteiger partial charge in [0.1, 0.15) is 28.0 Å². The van der Waals surface area contributed by atoms with Gasteiger partial charge in [0, 0.05) is 19.1 Å². The summed E-state index contributed by atoms with van der Waals surface area (Å²) in [5, 5.41) is 3.32. The van der Waals surface area contributed by atoms with E-state index in [1.54, 1.807) is 4.90 Å². The predicted molar refractivity (Wildman–Crippen MR) is 163 cm³/mol. The van der Waals surface area contributed by atoms with Gasteiger partial charge in [0.25, 0.3) is 0 Å². The van der Waals surface area contributed by atoms with Crippen LogP contribution in [-0.2, 0) is 15.9 Å². The summed E-state index contributed by atoms with van der Waals surface area (Å²) >= 11 is 5.45. The Morgan fingerprint density at radius 1 is 1.02 bits per heavy atom. The highest BCUT2D eigenvalue weighted by Gasteiger charge is 2.34. The number of nitrogens with one attached hydrogen (secondary N) is 1. The summed E-state index contributed by atoms with van der Waals surface area (Å²) in [6.07, 6.45) is 4.55. The second-order valence-corrected chi connectivity index (χ2v) is 13.6. The van der Waals surface area contributed by atoms with Crippen LogP contribution < -0.4 is 10.1 Å². The van der Waals surface area contributed by atoms with Gasteiger partial charge in [0.2, 0.25) is 0 Å². The molecule has 1 aliphatic carbocycles. The Bertz CT molecular complexity index is 1080. The summed E-state index contributed by atoms with van der Waals surface area (Å²) in [5.41, 5.74) is 2.06. The molecule has 1 aromatic carbocycles. The summed E-state index contributed by atoms with van der Waals surface area (Å²) < 4.78 is 17.5. The Morgan fingerprint density at radius 2 is 1.65 bits per heavy atom. The van der Waals surface area contributed by atoms with E-state index in [-0.39, 0.29) is 30.4 Å². The van der Waals surface area contributed by atoms with Gasteiger partial charge in [-0.2, -0.15) is 0 Å². The number of hydrogen-bond donors (Lipinski definition) is 1. The average molecular weight is 576 g/mol. The molecule has 0 saturated heterocycles. The highest BCUT2D eigenvalue weighted by molar-refractivity contribution is 7.80. The van der Waals surface area contributed by atoms with E-state index >= 15 is 0 Å². The number of carbonyl (C=O) groups excluding carboxylic acids is 2. The number of rotatable bonds is 8. The molecule has 0 fully saturated rings. The molecule has 1 heterocycles. The Kier molecular flexibility index (Phi) is 10.4. The first-order valence-corrected chi connectivity index (χ1v) is 15.1. The highest BCUT2D eigenvalue weighted by Crippen LogP contribution is 2.42. The van der Waals surface area contributed by atoms with Gasteiger partial charge in [0.15, 0.2) is 0 Å². The van der Waals surface area contributed by atoms with Gasteiger partial charge in [-0.3, -0.25) is 0 Å². The summed E-state index contributed by atoms with van der Waals surface area (Å²) in [6, 6.07) is 4.16. The van der Waals surface area contributed by atoms with Gasteiger partial charge < -0.3 is 29.3 Å². The van der Waals surface area contributed by atoms with Crippen molar-refractivity contribution >= 4 is 35.1 Å². The molecule has 3 rings (SSSR count). The van der Waals surface area contributed by atoms with Crippen LogP contribution in [0.15, 0.2) is 12.1 Å². The number of ether oxygens (including phenoxy) is 3. The van der Waals surface area contributed by atoms with Crippen LogP contribution in [0, 0.1) is 0 Å². The number of thiocarbonyl (C=S) groups is 1. The fourth-order valence-corrected chi connectivity index (χ4v) is 5.28. The zero-order valence-corrected chi connectivity index (χ0v) is 26.7. The normalized spacial score (nSPS) is 18.7. The van der Waals surface area contributed by atoms with Gasteiger partial charge in [-0.1, -0.05) is 12.2 Å². The van der Waals surface area contributed by atoms with Crippen molar-refractivity contribution in [1.82, 2.24) is 9.80 Å². The molecule has 0 spiro atoms. The zero-order valence-electron chi connectivity index (χ0n) is 25.9. The third-order valence-electron chi connectivity index (χ3n) is 7.01. The van der Waals surface area contributed by atoms with Gasteiger partial charge in [0.05, 0.1) is 11.7 Å². The number of nitrogens with zero attached hydrogens (tertiary/aromatic N) is 2. The molecule has 2 aliphatic rings. The van der Waals surface area contributed by atoms with E-state index < -0.39 is 11.2 Å². The molecule has 0 aromatic heterocycles. The van der Waals surface area contributed by atoms with Crippen LogP contribution in [-0.4, -0.2) is 63.4 Å². The number of hydrogen-bond acceptors (Lipinski definition) is 6. The van der Waals surface area contributed by atoms with Crippen LogP contribution in [0.2, 0.25) is 0 Å². The van der Waals surface area contributed by atoms with E-state index in [0.717, 1.165) is 55.5 Å². The van der Waals surface area contributed by atoms with Crippen molar-refractivity contribution in [2.75, 3.05) is 18.4 Å². The molecule has 40 heavy (non-hydrogen) atoms.